The molecule has 0 spiro atoms. The number of carbonyl (C=O) groups excluding carboxylic acids is 1. The number of nitrogens with zero attached hydrogens (tertiary/aromatic N) is 2. The van der Waals surface area contributed by atoms with Gasteiger partial charge in [0.05, 0.1) is 17.2 Å². The molecule has 1 fully saturated rings. The van der Waals surface area contributed by atoms with Crippen molar-refractivity contribution in [3.05, 3.63) is 53.9 Å². The topological polar surface area (TPSA) is 110 Å². The van der Waals surface area contributed by atoms with Crippen molar-refractivity contribution in [3.63, 3.8) is 0 Å². The van der Waals surface area contributed by atoms with Gasteiger partial charge in [-0.15, -0.1) is 0 Å². The molecule has 1 aliphatic carbocycles. The first-order valence-corrected chi connectivity index (χ1v) is 12.7. The second kappa shape index (κ2) is 9.84. The summed E-state index contributed by atoms with van der Waals surface area (Å²) in [6.45, 7) is 3.85. The maximum absolute atomic E-state index is 12.8. The van der Waals surface area contributed by atoms with E-state index in [0.717, 1.165) is 37.8 Å². The number of sulfonamides is 1. The number of benzene rings is 1. The molecule has 0 radical (unpaired) electrons. The fraction of sp³-hybridized carbons (Fsp3) is 0.375. The highest BCUT2D eigenvalue weighted by Gasteiger charge is 2.22. The maximum atomic E-state index is 12.8. The minimum atomic E-state index is -3.59. The lowest BCUT2D eigenvalue weighted by atomic mass is 9.96. The van der Waals surface area contributed by atoms with Crippen LogP contribution in [0.4, 0.5) is 11.4 Å². The second-order valence-electron chi connectivity index (χ2n) is 8.20. The summed E-state index contributed by atoms with van der Waals surface area (Å²) in [6, 6.07) is 10.2. The molecule has 1 aliphatic rings. The van der Waals surface area contributed by atoms with Crippen LogP contribution in [0.3, 0.4) is 0 Å². The third-order valence-corrected chi connectivity index (χ3v) is 7.26. The van der Waals surface area contributed by atoms with Crippen LogP contribution in [0.2, 0.25) is 0 Å². The van der Waals surface area contributed by atoms with Gasteiger partial charge in [0.1, 0.15) is 5.56 Å². The first-order valence-electron chi connectivity index (χ1n) is 11.2. The lowest BCUT2D eigenvalue weighted by Gasteiger charge is -2.22. The van der Waals surface area contributed by atoms with Crippen LogP contribution in [-0.4, -0.2) is 37.0 Å². The summed E-state index contributed by atoms with van der Waals surface area (Å²) in [5.41, 5.74) is 2.74. The molecule has 2 heterocycles. The quantitative estimate of drug-likeness (QED) is 0.492. The Kier molecular flexibility index (Phi) is 6.90. The molecule has 0 amide bonds. The largest absolute Gasteiger partial charge is 0.462 e. The lowest BCUT2D eigenvalue weighted by molar-refractivity contribution is 0.0527. The minimum Gasteiger partial charge on any atom is -0.462 e. The van der Waals surface area contributed by atoms with E-state index in [0.29, 0.717) is 22.4 Å². The van der Waals surface area contributed by atoms with Gasteiger partial charge in [-0.25, -0.2) is 27.9 Å². The fourth-order valence-electron chi connectivity index (χ4n) is 4.04. The number of ether oxygens (including phenoxy) is 1. The van der Waals surface area contributed by atoms with Crippen molar-refractivity contribution in [2.24, 2.45) is 0 Å². The van der Waals surface area contributed by atoms with Gasteiger partial charge < -0.3 is 10.1 Å². The van der Waals surface area contributed by atoms with Crippen molar-refractivity contribution in [2.75, 3.05) is 11.9 Å². The highest BCUT2D eigenvalue weighted by atomic mass is 32.2. The van der Waals surface area contributed by atoms with Gasteiger partial charge in [0.2, 0.25) is 10.0 Å². The average Bonchev–Trinajstić information content (AvgIpc) is 2.80. The highest BCUT2D eigenvalue weighted by Crippen LogP contribution is 2.30. The Labute approximate surface area is 193 Å². The number of hydrogen-bond acceptors (Lipinski definition) is 7. The molecule has 8 nitrogen and oxygen atoms in total. The zero-order valence-corrected chi connectivity index (χ0v) is 19.6. The Hall–Kier alpha value is -3.04. The van der Waals surface area contributed by atoms with Crippen LogP contribution < -0.4 is 10.0 Å². The smallest absolute Gasteiger partial charge is 0.341 e. The van der Waals surface area contributed by atoms with Crippen molar-refractivity contribution in [3.8, 4) is 0 Å². The molecule has 0 aliphatic heterocycles. The average molecular weight is 469 g/mol. The molecule has 2 N–H and O–H groups in total. The number of hydrogen-bond donors (Lipinski definition) is 2. The van der Waals surface area contributed by atoms with Crippen molar-refractivity contribution in [1.29, 1.82) is 0 Å². The number of nitrogens with one attached hydrogen (secondary N) is 2. The maximum Gasteiger partial charge on any atom is 0.341 e. The Bertz CT molecular complexity index is 1250. The van der Waals surface area contributed by atoms with E-state index in [1.165, 1.54) is 6.20 Å². The molecule has 0 saturated heterocycles. The van der Waals surface area contributed by atoms with Gasteiger partial charge >= 0.3 is 5.97 Å². The summed E-state index contributed by atoms with van der Waals surface area (Å²) in [5.74, 6) is -0.495. The predicted octanol–water partition coefficient (Wildman–Crippen LogP) is 4.47. The highest BCUT2D eigenvalue weighted by molar-refractivity contribution is 7.89. The molecule has 1 aromatic carbocycles. The van der Waals surface area contributed by atoms with Crippen LogP contribution in [0.5, 0.6) is 0 Å². The number of aromatic nitrogens is 2. The van der Waals surface area contributed by atoms with Crippen LogP contribution in [0, 0.1) is 6.92 Å². The van der Waals surface area contributed by atoms with Crippen molar-refractivity contribution >= 4 is 38.4 Å². The third-order valence-electron chi connectivity index (χ3n) is 5.73. The van der Waals surface area contributed by atoms with E-state index in [1.54, 1.807) is 31.2 Å². The summed E-state index contributed by atoms with van der Waals surface area (Å²) in [4.78, 5) is 21.5. The molecule has 33 heavy (non-hydrogen) atoms. The Morgan fingerprint density at radius 3 is 2.52 bits per heavy atom. The lowest BCUT2D eigenvalue weighted by Crippen LogP contribution is -2.36. The van der Waals surface area contributed by atoms with Gasteiger partial charge in [-0.1, -0.05) is 19.3 Å². The number of fused-ring (bicyclic) bond motifs is 1. The minimum absolute atomic E-state index is 0.00664. The summed E-state index contributed by atoms with van der Waals surface area (Å²) < 4.78 is 33.6. The fourth-order valence-corrected chi connectivity index (χ4v) is 5.34. The molecule has 174 valence electrons. The van der Waals surface area contributed by atoms with Crippen molar-refractivity contribution < 1.29 is 17.9 Å². The van der Waals surface area contributed by atoms with Gasteiger partial charge in [-0.3, -0.25) is 0 Å². The zero-order chi connectivity index (χ0) is 23.4. The number of pyridine rings is 2. The Morgan fingerprint density at radius 1 is 1.09 bits per heavy atom. The summed E-state index contributed by atoms with van der Waals surface area (Å²) in [6.07, 6.45) is 6.45. The van der Waals surface area contributed by atoms with E-state index in [4.69, 9.17) is 4.74 Å². The SMILES string of the molecule is CCOC(=O)c1cnc2nc(C)ccc2c1Nc1ccc(S(=O)(=O)NC2CCCCC2)cc1. The van der Waals surface area contributed by atoms with Gasteiger partial charge in [0, 0.05) is 29.0 Å². The van der Waals surface area contributed by atoms with Crippen LogP contribution in [0.1, 0.15) is 55.1 Å². The Morgan fingerprint density at radius 2 is 1.82 bits per heavy atom. The standard InChI is InChI=1S/C24H28N4O4S/c1-3-32-24(29)21-15-25-23-20(14-9-16(2)26-23)22(21)27-17-10-12-19(13-11-17)33(30,31)28-18-7-5-4-6-8-18/h9-15,18,28H,3-8H2,1-2H3,(H,25,26,27). The number of rotatable bonds is 7. The van der Waals surface area contributed by atoms with E-state index in [-0.39, 0.29) is 23.1 Å². The van der Waals surface area contributed by atoms with Crippen LogP contribution in [-0.2, 0) is 14.8 Å². The van der Waals surface area contributed by atoms with E-state index >= 15 is 0 Å². The molecular weight excluding hydrogens is 440 g/mol. The van der Waals surface area contributed by atoms with Crippen LogP contribution >= 0.6 is 0 Å². The number of aryl methyl sites for hydroxylation is 1. The van der Waals surface area contributed by atoms with Crippen LogP contribution in [0.25, 0.3) is 11.0 Å². The van der Waals surface area contributed by atoms with Crippen molar-refractivity contribution in [1.82, 2.24) is 14.7 Å². The molecule has 9 heteroatoms. The van der Waals surface area contributed by atoms with E-state index in [9.17, 15) is 13.2 Å². The van der Waals surface area contributed by atoms with Crippen molar-refractivity contribution in [2.45, 2.75) is 56.9 Å². The summed E-state index contributed by atoms with van der Waals surface area (Å²) in [5, 5.41) is 3.91. The van der Waals surface area contributed by atoms with Gasteiger partial charge in [-0.05, 0) is 63.1 Å². The van der Waals surface area contributed by atoms with Crippen LogP contribution in [0.15, 0.2) is 47.5 Å². The molecule has 0 unspecified atom stereocenters. The summed E-state index contributed by atoms with van der Waals surface area (Å²) in [7, 11) is -3.59. The molecule has 2 aromatic heterocycles. The number of carbonyl (C=O) groups is 1. The molecule has 0 bridgehead atoms. The first kappa shape index (κ1) is 23.1. The Balaban J connectivity index is 1.62. The molecule has 4 rings (SSSR count). The number of anilines is 2. The molecular formula is C24H28N4O4S. The monoisotopic (exact) mass is 468 g/mol. The van der Waals surface area contributed by atoms with E-state index < -0.39 is 16.0 Å². The van der Waals surface area contributed by atoms with E-state index in [2.05, 4.69) is 20.0 Å². The second-order valence-corrected chi connectivity index (χ2v) is 9.91. The first-order chi connectivity index (χ1) is 15.9. The predicted molar refractivity (Wildman–Crippen MR) is 127 cm³/mol. The van der Waals surface area contributed by atoms with Gasteiger partial charge in [0.25, 0.3) is 0 Å². The van der Waals surface area contributed by atoms with E-state index in [1.807, 2.05) is 19.1 Å². The normalized spacial score (nSPS) is 14.8. The molecule has 1 saturated carbocycles. The number of esters is 1. The third kappa shape index (κ3) is 5.31. The molecule has 3 aromatic rings. The molecule has 0 atom stereocenters. The van der Waals surface area contributed by atoms with Gasteiger partial charge in [-0.2, -0.15) is 0 Å². The van der Waals surface area contributed by atoms with Gasteiger partial charge in [0.15, 0.2) is 5.65 Å². The zero-order valence-electron chi connectivity index (χ0n) is 18.8. The summed E-state index contributed by atoms with van der Waals surface area (Å²) >= 11 is 0.